The van der Waals surface area contributed by atoms with Gasteiger partial charge in [0.05, 0.1) is 4.90 Å². The first-order valence-corrected chi connectivity index (χ1v) is 6.87. The highest BCUT2D eigenvalue weighted by Gasteiger charge is 2.23. The van der Waals surface area contributed by atoms with E-state index in [-0.39, 0.29) is 11.3 Å². The van der Waals surface area contributed by atoms with Gasteiger partial charge in [-0.1, -0.05) is 24.6 Å². The van der Waals surface area contributed by atoms with E-state index in [1.54, 1.807) is 19.1 Å². The average molecular weight is 273 g/mol. The van der Waals surface area contributed by atoms with Gasteiger partial charge in [-0.05, 0) is 19.1 Å². The Labute approximate surface area is 106 Å². The molecule has 1 rings (SSSR count). The second-order valence-electron chi connectivity index (χ2n) is 3.90. The molecule has 1 aromatic rings. The van der Waals surface area contributed by atoms with E-state index in [0.29, 0.717) is 0 Å². The Morgan fingerprint density at radius 2 is 1.89 bits per heavy atom. The molecule has 18 heavy (non-hydrogen) atoms. The zero-order chi connectivity index (χ0) is 13.8. The number of hydrogen-bond donors (Lipinski definition) is 0. The van der Waals surface area contributed by atoms with E-state index in [4.69, 9.17) is 4.18 Å². The second-order valence-corrected chi connectivity index (χ2v) is 5.51. The molecule has 100 valence electrons. The molecule has 0 N–H and O–H groups in total. The van der Waals surface area contributed by atoms with Crippen LogP contribution in [0.5, 0.6) is 0 Å². The molecule has 0 fully saturated rings. The number of benzene rings is 1. The maximum atomic E-state index is 11.7. The fourth-order valence-corrected chi connectivity index (χ4v) is 2.21. The van der Waals surface area contributed by atoms with Gasteiger partial charge < -0.3 is 0 Å². The van der Waals surface area contributed by atoms with Crippen LogP contribution in [0.4, 0.5) is 0 Å². The Morgan fingerprint density at radius 1 is 1.33 bits per heavy atom. The largest absolute Gasteiger partial charge is 0.297 e. The van der Waals surface area contributed by atoms with Crippen molar-refractivity contribution < 1.29 is 17.5 Å². The van der Waals surface area contributed by atoms with Crippen molar-refractivity contribution in [3.63, 3.8) is 0 Å². The van der Waals surface area contributed by atoms with E-state index < -0.39 is 27.7 Å². The molecule has 1 atom stereocenters. The van der Waals surface area contributed by atoms with Gasteiger partial charge in [-0.25, -0.2) is 0 Å². The normalized spacial score (nSPS) is 13.2. The summed E-state index contributed by atoms with van der Waals surface area (Å²) in [5.74, 6) is 0. The third-order valence-electron chi connectivity index (χ3n) is 2.49. The van der Waals surface area contributed by atoms with Gasteiger partial charge in [0.25, 0.3) is 10.1 Å². The Bertz CT molecular complexity index is 509. The van der Waals surface area contributed by atoms with E-state index in [9.17, 15) is 18.5 Å². The quantitative estimate of drug-likeness (QED) is 0.448. The number of nitrogens with zero attached hydrogens (tertiary/aromatic N) is 1. The third kappa shape index (κ3) is 3.78. The molecular weight excluding hydrogens is 258 g/mol. The van der Waals surface area contributed by atoms with Gasteiger partial charge in [-0.15, -0.1) is 0 Å². The monoisotopic (exact) mass is 273 g/mol. The van der Waals surface area contributed by atoms with Gasteiger partial charge in [0.1, 0.15) is 6.61 Å². The molecule has 0 aliphatic heterocycles. The maximum absolute atomic E-state index is 11.7. The van der Waals surface area contributed by atoms with E-state index >= 15 is 0 Å². The van der Waals surface area contributed by atoms with Gasteiger partial charge in [0.2, 0.25) is 6.04 Å². The van der Waals surface area contributed by atoms with Crippen LogP contribution >= 0.6 is 0 Å². The van der Waals surface area contributed by atoms with Gasteiger partial charge in [-0.2, -0.15) is 8.42 Å². The molecule has 0 aliphatic rings. The van der Waals surface area contributed by atoms with Crippen LogP contribution in [0.15, 0.2) is 29.2 Å². The summed E-state index contributed by atoms with van der Waals surface area (Å²) in [6, 6.07) is 5.10. The van der Waals surface area contributed by atoms with Crippen molar-refractivity contribution in [2.45, 2.75) is 31.2 Å². The van der Waals surface area contributed by atoms with Crippen molar-refractivity contribution in [3.05, 3.63) is 39.9 Å². The molecule has 0 saturated carbocycles. The Hall–Kier alpha value is -1.47. The van der Waals surface area contributed by atoms with E-state index in [2.05, 4.69) is 0 Å². The Balaban J connectivity index is 2.76. The first kappa shape index (κ1) is 14.6. The summed E-state index contributed by atoms with van der Waals surface area (Å²) in [5.41, 5.74) is 0.922. The number of hydrogen-bond acceptors (Lipinski definition) is 5. The lowest BCUT2D eigenvalue weighted by Gasteiger charge is -2.08. The SMILES string of the molecule is CCC(COS(=O)(=O)c1ccc(C)cc1)[N+](=O)[O-]. The predicted octanol–water partition coefficient (Wildman–Crippen LogP) is 1.76. The van der Waals surface area contributed by atoms with Crippen LogP contribution in [0.1, 0.15) is 18.9 Å². The zero-order valence-corrected chi connectivity index (χ0v) is 11.0. The van der Waals surface area contributed by atoms with Crippen LogP contribution in [-0.4, -0.2) is 26.0 Å². The van der Waals surface area contributed by atoms with Crippen molar-refractivity contribution in [2.75, 3.05) is 6.61 Å². The first-order chi connectivity index (χ1) is 8.36. The molecule has 1 aromatic carbocycles. The highest BCUT2D eigenvalue weighted by molar-refractivity contribution is 7.86. The molecule has 0 aliphatic carbocycles. The van der Waals surface area contributed by atoms with E-state index in [1.165, 1.54) is 12.1 Å². The summed E-state index contributed by atoms with van der Waals surface area (Å²) >= 11 is 0. The molecule has 0 amide bonds. The summed E-state index contributed by atoms with van der Waals surface area (Å²) in [5, 5.41) is 10.6. The van der Waals surface area contributed by atoms with Crippen molar-refractivity contribution in [2.24, 2.45) is 0 Å². The van der Waals surface area contributed by atoms with Crippen molar-refractivity contribution in [1.29, 1.82) is 0 Å². The first-order valence-electron chi connectivity index (χ1n) is 5.46. The summed E-state index contributed by atoms with van der Waals surface area (Å²) < 4.78 is 28.2. The lowest BCUT2D eigenvalue weighted by atomic mass is 10.2. The fourth-order valence-electron chi connectivity index (χ4n) is 1.27. The molecule has 7 heteroatoms. The van der Waals surface area contributed by atoms with Crippen LogP contribution in [0.25, 0.3) is 0 Å². The minimum absolute atomic E-state index is 0.00583. The molecule has 6 nitrogen and oxygen atoms in total. The topological polar surface area (TPSA) is 86.5 Å². The predicted molar refractivity (Wildman–Crippen MR) is 65.4 cm³/mol. The summed E-state index contributed by atoms with van der Waals surface area (Å²) in [4.78, 5) is 10.0. The Kier molecular flexibility index (Phi) is 4.80. The lowest BCUT2D eigenvalue weighted by molar-refractivity contribution is -0.524. The molecule has 0 heterocycles. The van der Waals surface area contributed by atoms with Crippen molar-refractivity contribution in [1.82, 2.24) is 0 Å². The van der Waals surface area contributed by atoms with Crippen LogP contribution in [0.2, 0.25) is 0 Å². The highest BCUT2D eigenvalue weighted by atomic mass is 32.2. The smallest absolute Gasteiger partial charge is 0.264 e. The molecule has 1 unspecified atom stereocenters. The molecule has 0 aromatic heterocycles. The molecular formula is C11H15NO5S. The van der Waals surface area contributed by atoms with E-state index in [1.807, 2.05) is 6.92 Å². The van der Waals surface area contributed by atoms with Crippen LogP contribution in [-0.2, 0) is 14.3 Å². The van der Waals surface area contributed by atoms with Crippen LogP contribution in [0.3, 0.4) is 0 Å². The molecule has 0 radical (unpaired) electrons. The molecule has 0 bridgehead atoms. The van der Waals surface area contributed by atoms with E-state index in [0.717, 1.165) is 5.56 Å². The molecule has 0 spiro atoms. The number of rotatable bonds is 6. The molecule has 0 saturated heterocycles. The van der Waals surface area contributed by atoms with Crippen LogP contribution < -0.4 is 0 Å². The van der Waals surface area contributed by atoms with Crippen molar-refractivity contribution >= 4 is 10.1 Å². The zero-order valence-electron chi connectivity index (χ0n) is 10.2. The van der Waals surface area contributed by atoms with Gasteiger partial charge in [0, 0.05) is 11.3 Å². The fraction of sp³-hybridized carbons (Fsp3) is 0.455. The summed E-state index contributed by atoms with van der Waals surface area (Å²) in [6.45, 7) is 2.99. The van der Waals surface area contributed by atoms with Gasteiger partial charge in [0.15, 0.2) is 0 Å². The highest BCUT2D eigenvalue weighted by Crippen LogP contribution is 2.14. The average Bonchev–Trinajstić information content (AvgIpc) is 2.29. The number of aryl methyl sites for hydroxylation is 1. The van der Waals surface area contributed by atoms with Gasteiger partial charge in [-0.3, -0.25) is 14.3 Å². The lowest BCUT2D eigenvalue weighted by Crippen LogP contribution is -2.26. The summed E-state index contributed by atoms with van der Waals surface area (Å²) in [6.07, 6.45) is 0.219. The third-order valence-corrected chi connectivity index (χ3v) is 3.79. The minimum atomic E-state index is -3.92. The number of nitro groups is 1. The maximum Gasteiger partial charge on any atom is 0.297 e. The van der Waals surface area contributed by atoms with Crippen LogP contribution in [0, 0.1) is 17.0 Å². The summed E-state index contributed by atoms with van der Waals surface area (Å²) in [7, 11) is -3.92. The standard InChI is InChI=1S/C11H15NO5S/c1-3-10(12(13)14)8-17-18(15,16)11-6-4-9(2)5-7-11/h4-7,10H,3,8H2,1-2H3. The van der Waals surface area contributed by atoms with Gasteiger partial charge >= 0.3 is 0 Å². The Morgan fingerprint density at radius 3 is 2.33 bits per heavy atom. The minimum Gasteiger partial charge on any atom is -0.264 e. The second kappa shape index (κ2) is 5.92. The van der Waals surface area contributed by atoms with Crippen molar-refractivity contribution in [3.8, 4) is 0 Å².